The molecular formula is C24H23F3N2O5S. The van der Waals surface area contributed by atoms with E-state index < -0.39 is 21.8 Å². The number of ether oxygens (including phenoxy) is 2. The van der Waals surface area contributed by atoms with Crippen molar-refractivity contribution in [2.24, 2.45) is 0 Å². The van der Waals surface area contributed by atoms with Crippen LogP contribution in [-0.4, -0.2) is 40.0 Å². The lowest BCUT2D eigenvalue weighted by atomic mass is 10.2. The summed E-state index contributed by atoms with van der Waals surface area (Å²) in [6.07, 6.45) is -4.60. The molecule has 0 heterocycles. The summed E-state index contributed by atoms with van der Waals surface area (Å²) < 4.78 is 76.3. The summed E-state index contributed by atoms with van der Waals surface area (Å²) in [5.74, 6) is 0.680. The van der Waals surface area contributed by atoms with E-state index in [1.54, 1.807) is 26.3 Å². The third-order valence-corrected chi connectivity index (χ3v) is 6.34. The highest BCUT2D eigenvalue weighted by atomic mass is 32.2. The number of nitrogens with zero attached hydrogens (tertiary/aromatic N) is 1. The maximum Gasteiger partial charge on any atom is 0.416 e. The topological polar surface area (TPSA) is 84.9 Å². The average molecular weight is 509 g/mol. The Labute approximate surface area is 201 Å². The number of alkyl halides is 3. The summed E-state index contributed by atoms with van der Waals surface area (Å²) in [6, 6.07) is 16.3. The lowest BCUT2D eigenvalue weighted by Crippen LogP contribution is -2.30. The van der Waals surface area contributed by atoms with E-state index in [2.05, 4.69) is 4.72 Å². The molecule has 3 rings (SSSR count). The van der Waals surface area contributed by atoms with Gasteiger partial charge in [0.25, 0.3) is 15.9 Å². The van der Waals surface area contributed by atoms with Crippen molar-refractivity contribution in [2.75, 3.05) is 25.5 Å². The van der Waals surface area contributed by atoms with Gasteiger partial charge in [0.2, 0.25) is 0 Å². The van der Waals surface area contributed by atoms with Gasteiger partial charge in [-0.1, -0.05) is 18.2 Å². The van der Waals surface area contributed by atoms with Crippen LogP contribution in [0.2, 0.25) is 0 Å². The summed E-state index contributed by atoms with van der Waals surface area (Å²) in [5.41, 5.74) is -0.279. The predicted octanol–water partition coefficient (Wildman–Crippen LogP) is 4.55. The number of rotatable bonds is 9. The molecule has 0 atom stereocenters. The normalized spacial score (nSPS) is 11.6. The molecule has 0 aromatic heterocycles. The molecule has 3 aromatic carbocycles. The molecule has 0 saturated carbocycles. The number of methoxy groups -OCH3 is 1. The van der Waals surface area contributed by atoms with Crippen molar-refractivity contribution in [2.45, 2.75) is 17.6 Å². The number of carbonyl (C=O) groups is 1. The lowest BCUT2D eigenvalue weighted by molar-refractivity contribution is -0.137. The smallest absolute Gasteiger partial charge is 0.416 e. The maximum atomic E-state index is 12.9. The Morgan fingerprint density at radius 1 is 0.971 bits per heavy atom. The number of benzene rings is 3. The molecule has 0 radical (unpaired) electrons. The molecule has 0 spiro atoms. The number of hydrogen-bond acceptors (Lipinski definition) is 5. The van der Waals surface area contributed by atoms with Crippen LogP contribution in [0.4, 0.5) is 18.9 Å². The molecule has 3 aromatic rings. The van der Waals surface area contributed by atoms with Crippen LogP contribution < -0.4 is 14.2 Å². The van der Waals surface area contributed by atoms with Crippen molar-refractivity contribution in [3.8, 4) is 11.5 Å². The first-order chi connectivity index (χ1) is 16.5. The largest absolute Gasteiger partial charge is 0.497 e. The van der Waals surface area contributed by atoms with Crippen molar-refractivity contribution in [1.82, 2.24) is 4.90 Å². The number of hydrogen-bond donors (Lipinski definition) is 1. The molecule has 1 amide bonds. The predicted molar refractivity (Wildman–Crippen MR) is 124 cm³/mol. The Morgan fingerprint density at radius 2 is 1.60 bits per heavy atom. The second-order valence-electron chi connectivity index (χ2n) is 7.54. The average Bonchev–Trinajstić information content (AvgIpc) is 2.82. The van der Waals surface area contributed by atoms with Gasteiger partial charge in [-0.25, -0.2) is 8.42 Å². The van der Waals surface area contributed by atoms with E-state index in [-0.39, 0.29) is 28.8 Å². The molecule has 0 aliphatic heterocycles. The minimum Gasteiger partial charge on any atom is -0.497 e. The summed E-state index contributed by atoms with van der Waals surface area (Å²) in [6.45, 7) is 0.103. The fraction of sp³-hybridized carbons (Fsp3) is 0.208. The summed E-state index contributed by atoms with van der Waals surface area (Å²) >= 11 is 0. The van der Waals surface area contributed by atoms with Crippen molar-refractivity contribution in [3.05, 3.63) is 83.9 Å². The monoisotopic (exact) mass is 508 g/mol. The van der Waals surface area contributed by atoms with Gasteiger partial charge < -0.3 is 14.4 Å². The zero-order valence-electron chi connectivity index (χ0n) is 18.9. The van der Waals surface area contributed by atoms with Crippen molar-refractivity contribution in [3.63, 3.8) is 0 Å². The van der Waals surface area contributed by atoms with E-state index in [1.165, 1.54) is 35.2 Å². The summed E-state index contributed by atoms with van der Waals surface area (Å²) in [7, 11) is -0.937. The van der Waals surface area contributed by atoms with E-state index >= 15 is 0 Å². The quantitative estimate of drug-likeness (QED) is 0.458. The lowest BCUT2D eigenvalue weighted by Gasteiger charge is -2.18. The summed E-state index contributed by atoms with van der Waals surface area (Å²) in [4.78, 5) is 13.7. The third kappa shape index (κ3) is 7.12. The van der Waals surface area contributed by atoms with Crippen molar-refractivity contribution >= 4 is 21.6 Å². The van der Waals surface area contributed by atoms with E-state index in [1.807, 2.05) is 12.1 Å². The Kier molecular flexibility index (Phi) is 7.90. The minimum atomic E-state index is -4.60. The number of anilines is 1. The molecule has 186 valence electrons. The number of nitrogens with one attached hydrogen (secondary N) is 1. The van der Waals surface area contributed by atoms with Gasteiger partial charge in [-0.3, -0.25) is 9.52 Å². The Bertz CT molecular complexity index is 1260. The van der Waals surface area contributed by atoms with Gasteiger partial charge in [-0.15, -0.1) is 0 Å². The zero-order chi connectivity index (χ0) is 25.6. The van der Waals surface area contributed by atoms with Crippen LogP contribution in [0, 0.1) is 0 Å². The SMILES string of the molecule is COc1ccc(CN(C)C(=O)COc2ccc(S(=O)(=O)Nc3cccc(C(F)(F)F)c3)cc2)cc1. The van der Waals surface area contributed by atoms with E-state index in [0.29, 0.717) is 18.4 Å². The molecule has 0 unspecified atom stereocenters. The van der Waals surface area contributed by atoms with Crippen molar-refractivity contribution < 1.29 is 35.9 Å². The van der Waals surface area contributed by atoms with Gasteiger partial charge in [0.1, 0.15) is 11.5 Å². The Balaban J connectivity index is 1.57. The van der Waals surface area contributed by atoms with Gasteiger partial charge in [0.05, 0.1) is 17.6 Å². The minimum absolute atomic E-state index is 0.176. The Hall–Kier alpha value is -3.73. The number of halogens is 3. The molecule has 11 heteroatoms. The van der Waals surface area contributed by atoms with Crippen LogP contribution in [0.25, 0.3) is 0 Å². The van der Waals surface area contributed by atoms with Crippen LogP contribution in [0.1, 0.15) is 11.1 Å². The molecule has 0 fully saturated rings. The van der Waals surface area contributed by atoms with Crippen LogP contribution >= 0.6 is 0 Å². The first-order valence-electron chi connectivity index (χ1n) is 10.3. The number of amides is 1. The molecular weight excluding hydrogens is 485 g/mol. The highest BCUT2D eigenvalue weighted by molar-refractivity contribution is 7.92. The standard InChI is InChI=1S/C24H23F3N2O5S/c1-29(15-17-6-8-20(33-2)9-7-17)23(30)16-34-21-10-12-22(13-11-21)35(31,32)28-19-5-3-4-18(14-19)24(25,26)27/h3-14,28H,15-16H2,1-2H3. The highest BCUT2D eigenvalue weighted by Crippen LogP contribution is 2.31. The first kappa shape index (κ1) is 25.9. The fourth-order valence-electron chi connectivity index (χ4n) is 3.04. The van der Waals surface area contributed by atoms with E-state index in [9.17, 15) is 26.4 Å². The van der Waals surface area contributed by atoms with Gasteiger partial charge in [-0.05, 0) is 60.2 Å². The van der Waals surface area contributed by atoms with Gasteiger partial charge in [0, 0.05) is 19.3 Å². The van der Waals surface area contributed by atoms with Gasteiger partial charge in [0.15, 0.2) is 6.61 Å². The van der Waals surface area contributed by atoms with Crippen LogP contribution in [0.3, 0.4) is 0 Å². The van der Waals surface area contributed by atoms with Crippen LogP contribution in [-0.2, 0) is 27.5 Å². The number of likely N-dealkylation sites (N-methyl/N-ethyl adjacent to an activating group) is 1. The van der Waals surface area contributed by atoms with Gasteiger partial charge in [-0.2, -0.15) is 13.2 Å². The number of carbonyl (C=O) groups excluding carboxylic acids is 1. The van der Waals surface area contributed by atoms with Gasteiger partial charge >= 0.3 is 6.18 Å². The zero-order valence-corrected chi connectivity index (χ0v) is 19.7. The van der Waals surface area contributed by atoms with E-state index in [4.69, 9.17) is 9.47 Å². The molecule has 7 nitrogen and oxygen atoms in total. The molecule has 0 aliphatic rings. The van der Waals surface area contributed by atoms with E-state index in [0.717, 1.165) is 17.7 Å². The fourth-order valence-corrected chi connectivity index (χ4v) is 4.09. The second-order valence-corrected chi connectivity index (χ2v) is 9.22. The molecule has 1 N–H and O–H groups in total. The molecule has 0 saturated heterocycles. The summed E-state index contributed by atoms with van der Waals surface area (Å²) in [5, 5.41) is 0. The highest BCUT2D eigenvalue weighted by Gasteiger charge is 2.30. The first-order valence-corrected chi connectivity index (χ1v) is 11.8. The molecule has 0 bridgehead atoms. The van der Waals surface area contributed by atoms with Crippen molar-refractivity contribution in [1.29, 1.82) is 0 Å². The number of sulfonamides is 1. The van der Waals surface area contributed by atoms with Crippen LogP contribution in [0.15, 0.2) is 77.7 Å². The second kappa shape index (κ2) is 10.7. The van der Waals surface area contributed by atoms with Crippen LogP contribution in [0.5, 0.6) is 11.5 Å². The third-order valence-electron chi connectivity index (χ3n) is 4.94. The molecule has 0 aliphatic carbocycles. The maximum absolute atomic E-state index is 12.9. The molecule has 35 heavy (non-hydrogen) atoms. The Morgan fingerprint density at radius 3 is 2.20 bits per heavy atom.